The summed E-state index contributed by atoms with van der Waals surface area (Å²) >= 11 is 5.95. The Morgan fingerprint density at radius 2 is 2.17 bits per heavy atom. The second-order valence-corrected chi connectivity index (χ2v) is 5.23. The highest BCUT2D eigenvalue weighted by Gasteiger charge is 2.12. The van der Waals surface area contributed by atoms with Crippen molar-refractivity contribution in [1.29, 1.82) is 0 Å². The van der Waals surface area contributed by atoms with Crippen LogP contribution in [-0.4, -0.2) is 28.0 Å². The van der Waals surface area contributed by atoms with Crippen molar-refractivity contribution in [3.05, 3.63) is 63.4 Å². The lowest BCUT2D eigenvalue weighted by atomic mass is 10.2. The van der Waals surface area contributed by atoms with Gasteiger partial charge in [0, 0.05) is 6.20 Å². The third-order valence-electron chi connectivity index (χ3n) is 3.28. The Morgan fingerprint density at radius 1 is 1.33 bits per heavy atom. The van der Waals surface area contributed by atoms with Gasteiger partial charge in [0.25, 0.3) is 5.56 Å². The molecular weight excluding hydrogens is 334 g/mol. The van der Waals surface area contributed by atoms with E-state index >= 15 is 0 Å². The molecule has 0 amide bonds. The van der Waals surface area contributed by atoms with E-state index in [1.165, 1.54) is 31.6 Å². The first-order valence-electron chi connectivity index (χ1n) is 6.92. The minimum Gasteiger partial charge on any atom is -0.486 e. The van der Waals surface area contributed by atoms with Crippen LogP contribution < -0.4 is 10.3 Å². The number of H-pyrrole nitrogens is 1. The molecule has 0 atom stereocenters. The number of fused-ring (bicyclic) bond motifs is 1. The Bertz CT molecular complexity index is 971. The van der Waals surface area contributed by atoms with E-state index < -0.39 is 5.97 Å². The summed E-state index contributed by atoms with van der Waals surface area (Å²) in [5.41, 5.74) is 0.402. The van der Waals surface area contributed by atoms with Crippen LogP contribution in [0.2, 0.25) is 5.02 Å². The number of methoxy groups -OCH3 is 1. The van der Waals surface area contributed by atoms with Crippen LogP contribution in [-0.2, 0) is 11.3 Å². The van der Waals surface area contributed by atoms with Crippen LogP contribution >= 0.6 is 11.6 Å². The van der Waals surface area contributed by atoms with Crippen LogP contribution in [0, 0.1) is 0 Å². The van der Waals surface area contributed by atoms with E-state index in [0.717, 1.165) is 0 Å². The van der Waals surface area contributed by atoms with Gasteiger partial charge in [0.1, 0.15) is 18.2 Å². The number of halogens is 1. The molecular formula is C16H12ClN3O4. The van der Waals surface area contributed by atoms with Crippen molar-refractivity contribution in [1.82, 2.24) is 15.0 Å². The number of carbonyl (C=O) groups excluding carboxylic acids is 1. The minimum absolute atomic E-state index is 0.0162. The van der Waals surface area contributed by atoms with Crippen LogP contribution in [0.3, 0.4) is 0 Å². The molecule has 0 aliphatic carbocycles. The highest BCUT2D eigenvalue weighted by atomic mass is 35.5. The van der Waals surface area contributed by atoms with Gasteiger partial charge >= 0.3 is 5.97 Å². The van der Waals surface area contributed by atoms with E-state index in [-0.39, 0.29) is 22.8 Å². The summed E-state index contributed by atoms with van der Waals surface area (Å²) in [5, 5.41) is 0.714. The quantitative estimate of drug-likeness (QED) is 0.729. The second kappa shape index (κ2) is 6.67. The molecule has 2 heterocycles. The standard InChI is InChI=1S/C16H12ClN3O4/c1-23-16(22)11-6-9(2-3-12(11)17)24-8-14-19-13-7-18-5-4-10(13)15(21)20-14/h2-7H,8H2,1H3,(H,19,20,21). The monoisotopic (exact) mass is 345 g/mol. The van der Waals surface area contributed by atoms with Gasteiger partial charge in [0.15, 0.2) is 0 Å². The highest BCUT2D eigenvalue weighted by Crippen LogP contribution is 2.23. The number of aromatic amines is 1. The minimum atomic E-state index is -0.561. The van der Waals surface area contributed by atoms with Crippen molar-refractivity contribution < 1.29 is 14.3 Å². The number of nitrogens with one attached hydrogen (secondary N) is 1. The first-order chi connectivity index (χ1) is 11.6. The Morgan fingerprint density at radius 3 is 2.96 bits per heavy atom. The molecule has 3 rings (SSSR count). The molecule has 2 aromatic heterocycles. The lowest BCUT2D eigenvalue weighted by molar-refractivity contribution is 0.0600. The number of hydrogen-bond donors (Lipinski definition) is 1. The van der Waals surface area contributed by atoms with Crippen LogP contribution in [0.5, 0.6) is 5.75 Å². The average Bonchev–Trinajstić information content (AvgIpc) is 2.60. The largest absolute Gasteiger partial charge is 0.486 e. The fraction of sp³-hybridized carbons (Fsp3) is 0.125. The smallest absolute Gasteiger partial charge is 0.339 e. The SMILES string of the molecule is COC(=O)c1cc(OCc2nc3cnccc3c(=O)[nH]2)ccc1Cl. The summed E-state index contributed by atoms with van der Waals surface area (Å²) in [4.78, 5) is 34.5. The second-order valence-electron chi connectivity index (χ2n) is 4.83. The number of carbonyl (C=O) groups is 1. The van der Waals surface area contributed by atoms with Crippen molar-refractivity contribution in [3.63, 3.8) is 0 Å². The fourth-order valence-corrected chi connectivity index (χ4v) is 2.31. The number of pyridine rings is 1. The first kappa shape index (κ1) is 15.9. The van der Waals surface area contributed by atoms with Crippen molar-refractivity contribution in [3.8, 4) is 5.75 Å². The van der Waals surface area contributed by atoms with Gasteiger partial charge < -0.3 is 14.5 Å². The summed E-state index contributed by atoms with van der Waals surface area (Å²) in [7, 11) is 1.27. The number of benzene rings is 1. The molecule has 0 radical (unpaired) electrons. The van der Waals surface area contributed by atoms with E-state index in [2.05, 4.69) is 19.7 Å². The third-order valence-corrected chi connectivity index (χ3v) is 3.61. The van der Waals surface area contributed by atoms with Crippen molar-refractivity contribution in [2.75, 3.05) is 7.11 Å². The van der Waals surface area contributed by atoms with Gasteiger partial charge in [-0.1, -0.05) is 11.6 Å². The molecule has 7 nitrogen and oxygen atoms in total. The highest BCUT2D eigenvalue weighted by molar-refractivity contribution is 6.33. The van der Waals surface area contributed by atoms with Gasteiger partial charge in [-0.3, -0.25) is 9.78 Å². The molecule has 0 saturated heterocycles. The number of hydrogen-bond acceptors (Lipinski definition) is 6. The Kier molecular flexibility index (Phi) is 4.43. The lowest BCUT2D eigenvalue weighted by Gasteiger charge is -2.08. The van der Waals surface area contributed by atoms with Gasteiger partial charge in [0.05, 0.1) is 34.8 Å². The van der Waals surface area contributed by atoms with E-state index in [1.54, 1.807) is 12.1 Å². The predicted octanol–water partition coefficient (Wildman–Crippen LogP) is 2.34. The zero-order valence-electron chi connectivity index (χ0n) is 12.6. The van der Waals surface area contributed by atoms with Crippen LogP contribution in [0.25, 0.3) is 10.9 Å². The zero-order chi connectivity index (χ0) is 17.1. The van der Waals surface area contributed by atoms with Gasteiger partial charge in [0.2, 0.25) is 0 Å². The molecule has 0 aliphatic rings. The molecule has 0 unspecified atom stereocenters. The number of esters is 1. The Hall–Kier alpha value is -2.93. The summed E-state index contributed by atoms with van der Waals surface area (Å²) in [6.45, 7) is 0.0162. The molecule has 0 saturated carbocycles. The maximum atomic E-state index is 12.0. The number of rotatable bonds is 4. The zero-order valence-corrected chi connectivity index (χ0v) is 13.3. The number of aromatic nitrogens is 3. The van der Waals surface area contributed by atoms with Gasteiger partial charge in [-0.2, -0.15) is 0 Å². The third kappa shape index (κ3) is 3.21. The first-order valence-corrected chi connectivity index (χ1v) is 7.30. The molecule has 24 heavy (non-hydrogen) atoms. The van der Waals surface area contributed by atoms with E-state index in [0.29, 0.717) is 22.5 Å². The normalized spacial score (nSPS) is 10.6. The van der Waals surface area contributed by atoms with Crippen molar-refractivity contribution >= 4 is 28.5 Å². The molecule has 1 N–H and O–H groups in total. The van der Waals surface area contributed by atoms with E-state index in [4.69, 9.17) is 16.3 Å². The average molecular weight is 346 g/mol. The summed E-state index contributed by atoms with van der Waals surface area (Å²) in [5.74, 6) is 0.178. The maximum absolute atomic E-state index is 12.0. The van der Waals surface area contributed by atoms with Gasteiger partial charge in [-0.15, -0.1) is 0 Å². The topological polar surface area (TPSA) is 94.2 Å². The molecule has 3 aromatic rings. The molecule has 8 heteroatoms. The summed E-state index contributed by atoms with van der Waals surface area (Å²) in [6, 6.07) is 6.20. The molecule has 1 aromatic carbocycles. The van der Waals surface area contributed by atoms with Crippen molar-refractivity contribution in [2.45, 2.75) is 6.61 Å². The maximum Gasteiger partial charge on any atom is 0.339 e. The molecule has 0 fully saturated rings. The number of nitrogens with zero attached hydrogens (tertiary/aromatic N) is 2. The molecule has 0 spiro atoms. The van der Waals surface area contributed by atoms with Gasteiger partial charge in [-0.25, -0.2) is 9.78 Å². The summed E-state index contributed by atoms with van der Waals surface area (Å²) in [6.07, 6.45) is 3.03. The van der Waals surface area contributed by atoms with Crippen LogP contribution in [0.1, 0.15) is 16.2 Å². The van der Waals surface area contributed by atoms with Gasteiger partial charge in [-0.05, 0) is 24.3 Å². The van der Waals surface area contributed by atoms with E-state index in [9.17, 15) is 9.59 Å². The van der Waals surface area contributed by atoms with E-state index in [1.807, 2.05) is 0 Å². The Balaban J connectivity index is 1.83. The Labute approximate surface area is 141 Å². The molecule has 0 aliphatic heterocycles. The number of ether oxygens (including phenoxy) is 2. The summed E-state index contributed by atoms with van der Waals surface area (Å²) < 4.78 is 10.2. The molecule has 122 valence electrons. The fourth-order valence-electron chi connectivity index (χ4n) is 2.12. The van der Waals surface area contributed by atoms with Crippen LogP contribution in [0.4, 0.5) is 0 Å². The predicted molar refractivity (Wildman–Crippen MR) is 87.3 cm³/mol. The lowest BCUT2D eigenvalue weighted by Crippen LogP contribution is -2.14. The molecule has 0 bridgehead atoms. The van der Waals surface area contributed by atoms with Crippen LogP contribution in [0.15, 0.2) is 41.5 Å². The van der Waals surface area contributed by atoms with Crippen molar-refractivity contribution in [2.24, 2.45) is 0 Å².